The van der Waals surface area contributed by atoms with Crippen LogP contribution in [0.15, 0.2) is 30.3 Å². The number of ether oxygens (including phenoxy) is 1. The van der Waals surface area contributed by atoms with Crippen molar-refractivity contribution < 1.29 is 14.6 Å². The maximum absolute atomic E-state index is 10.8. The third-order valence-corrected chi connectivity index (χ3v) is 3.99. The number of hydrogen-bond donors (Lipinski definition) is 1. The second-order valence-electron chi connectivity index (χ2n) is 6.24. The molecule has 0 aromatic heterocycles. The van der Waals surface area contributed by atoms with Crippen molar-refractivity contribution in [3.8, 4) is 0 Å². The Kier molecular flexibility index (Phi) is 15.6. The highest BCUT2D eigenvalue weighted by atomic mass is 16.5. The van der Waals surface area contributed by atoms with Gasteiger partial charge < -0.3 is 9.84 Å². The SMILES string of the molecule is CC(O)c1ccccc1.CCCCCCCCCCCC(=O)OC. The molecular formula is C21H36O3. The minimum atomic E-state index is -0.341. The molecule has 0 fully saturated rings. The van der Waals surface area contributed by atoms with Gasteiger partial charge in [-0.05, 0) is 18.9 Å². The highest BCUT2D eigenvalue weighted by molar-refractivity contribution is 5.68. The van der Waals surface area contributed by atoms with Gasteiger partial charge in [0.15, 0.2) is 0 Å². The molecule has 1 atom stereocenters. The number of esters is 1. The Morgan fingerprint density at radius 3 is 1.88 bits per heavy atom. The molecule has 1 aromatic rings. The molecule has 1 aromatic carbocycles. The molecule has 0 aliphatic rings. The van der Waals surface area contributed by atoms with E-state index in [1.807, 2.05) is 30.3 Å². The molecule has 138 valence electrons. The van der Waals surface area contributed by atoms with Crippen LogP contribution in [0.25, 0.3) is 0 Å². The average molecular weight is 337 g/mol. The van der Waals surface area contributed by atoms with Crippen LogP contribution in [-0.4, -0.2) is 18.2 Å². The smallest absolute Gasteiger partial charge is 0.305 e. The Bertz CT molecular complexity index is 387. The minimum absolute atomic E-state index is 0.0713. The fourth-order valence-corrected chi connectivity index (χ4v) is 2.41. The van der Waals surface area contributed by atoms with Crippen molar-refractivity contribution in [2.24, 2.45) is 0 Å². The predicted octanol–water partition coefficient (Wildman–Crippen LogP) is 5.82. The van der Waals surface area contributed by atoms with Crippen molar-refractivity contribution in [1.82, 2.24) is 0 Å². The Morgan fingerprint density at radius 2 is 1.46 bits per heavy atom. The van der Waals surface area contributed by atoms with Gasteiger partial charge in [-0.2, -0.15) is 0 Å². The summed E-state index contributed by atoms with van der Waals surface area (Å²) < 4.78 is 4.58. The van der Waals surface area contributed by atoms with E-state index in [-0.39, 0.29) is 12.1 Å². The van der Waals surface area contributed by atoms with Gasteiger partial charge in [-0.25, -0.2) is 0 Å². The van der Waals surface area contributed by atoms with E-state index >= 15 is 0 Å². The van der Waals surface area contributed by atoms with Crippen LogP contribution in [0.5, 0.6) is 0 Å². The molecule has 1 N–H and O–H groups in total. The number of hydrogen-bond acceptors (Lipinski definition) is 3. The lowest BCUT2D eigenvalue weighted by molar-refractivity contribution is -0.140. The summed E-state index contributed by atoms with van der Waals surface area (Å²) >= 11 is 0. The zero-order valence-electron chi connectivity index (χ0n) is 15.8. The maximum atomic E-state index is 10.8. The molecule has 0 aliphatic heterocycles. The molecule has 0 spiro atoms. The molecule has 0 saturated carbocycles. The Labute approximate surface area is 148 Å². The van der Waals surface area contributed by atoms with Crippen molar-refractivity contribution in [2.75, 3.05) is 7.11 Å². The molecule has 3 nitrogen and oxygen atoms in total. The number of benzene rings is 1. The van der Waals surface area contributed by atoms with Crippen LogP contribution < -0.4 is 0 Å². The summed E-state index contributed by atoms with van der Waals surface area (Å²) in [6.07, 6.45) is 11.8. The quantitative estimate of drug-likeness (QED) is 0.409. The third kappa shape index (κ3) is 14.3. The number of carbonyl (C=O) groups excluding carboxylic acids is 1. The molecule has 1 unspecified atom stereocenters. The molecular weight excluding hydrogens is 300 g/mol. The first-order valence-corrected chi connectivity index (χ1v) is 9.41. The highest BCUT2D eigenvalue weighted by Crippen LogP contribution is 2.10. The zero-order valence-corrected chi connectivity index (χ0v) is 15.8. The van der Waals surface area contributed by atoms with Gasteiger partial charge >= 0.3 is 5.97 Å². The largest absolute Gasteiger partial charge is 0.469 e. The number of methoxy groups -OCH3 is 1. The van der Waals surface area contributed by atoms with Crippen molar-refractivity contribution in [1.29, 1.82) is 0 Å². The molecule has 0 radical (unpaired) electrons. The van der Waals surface area contributed by atoms with Crippen LogP contribution in [0.4, 0.5) is 0 Å². The lowest BCUT2D eigenvalue weighted by Gasteiger charge is -2.01. The van der Waals surface area contributed by atoms with Crippen LogP contribution in [0, 0.1) is 0 Å². The van der Waals surface area contributed by atoms with Crippen molar-refractivity contribution in [3.05, 3.63) is 35.9 Å². The summed E-state index contributed by atoms with van der Waals surface area (Å²) in [7, 11) is 1.45. The number of carbonyl (C=O) groups is 1. The standard InChI is InChI=1S/C13H26O2.C8H10O/c1-3-4-5-6-7-8-9-10-11-12-13(14)15-2;1-7(9)8-5-3-2-4-6-8/h3-12H2,1-2H3;2-7,9H,1H3. The van der Waals surface area contributed by atoms with Crippen molar-refractivity contribution in [2.45, 2.75) is 84.2 Å². The molecule has 24 heavy (non-hydrogen) atoms. The van der Waals surface area contributed by atoms with Crippen molar-refractivity contribution in [3.63, 3.8) is 0 Å². The monoisotopic (exact) mass is 336 g/mol. The topological polar surface area (TPSA) is 46.5 Å². The fourth-order valence-electron chi connectivity index (χ4n) is 2.41. The maximum Gasteiger partial charge on any atom is 0.305 e. The summed E-state index contributed by atoms with van der Waals surface area (Å²) in [6.45, 7) is 4.00. The summed E-state index contributed by atoms with van der Waals surface area (Å²) in [5.41, 5.74) is 0.970. The van der Waals surface area contributed by atoms with Gasteiger partial charge in [-0.15, -0.1) is 0 Å². The second-order valence-corrected chi connectivity index (χ2v) is 6.24. The van der Waals surface area contributed by atoms with E-state index in [2.05, 4.69) is 11.7 Å². The molecule has 3 heteroatoms. The van der Waals surface area contributed by atoms with E-state index in [1.165, 1.54) is 58.5 Å². The third-order valence-electron chi connectivity index (χ3n) is 3.99. The van der Waals surface area contributed by atoms with Crippen molar-refractivity contribution >= 4 is 5.97 Å². The number of aliphatic hydroxyl groups excluding tert-OH is 1. The highest BCUT2D eigenvalue weighted by Gasteiger charge is 1.98. The first-order chi connectivity index (χ1) is 11.6. The van der Waals surface area contributed by atoms with Gasteiger partial charge in [0, 0.05) is 6.42 Å². The van der Waals surface area contributed by atoms with Crippen LogP contribution in [0.3, 0.4) is 0 Å². The van der Waals surface area contributed by atoms with E-state index < -0.39 is 0 Å². The number of aliphatic hydroxyl groups is 1. The van der Waals surface area contributed by atoms with Crippen LogP contribution in [-0.2, 0) is 9.53 Å². The average Bonchev–Trinajstić information content (AvgIpc) is 2.61. The first-order valence-electron chi connectivity index (χ1n) is 9.41. The normalized spacial score (nSPS) is 11.3. The fraction of sp³-hybridized carbons (Fsp3) is 0.667. The van der Waals surface area contributed by atoms with Gasteiger partial charge in [0.1, 0.15) is 0 Å². The Hall–Kier alpha value is -1.35. The van der Waals surface area contributed by atoms with E-state index in [9.17, 15) is 4.79 Å². The Balaban J connectivity index is 0.000000496. The van der Waals surface area contributed by atoms with Gasteiger partial charge in [0.05, 0.1) is 13.2 Å². The summed E-state index contributed by atoms with van der Waals surface area (Å²) in [5.74, 6) is -0.0713. The lowest BCUT2D eigenvalue weighted by Crippen LogP contribution is -1.99. The lowest BCUT2D eigenvalue weighted by atomic mass is 10.1. The number of unbranched alkanes of at least 4 members (excludes halogenated alkanes) is 8. The molecule has 0 amide bonds. The summed E-state index contributed by atoms with van der Waals surface area (Å²) in [4.78, 5) is 10.8. The molecule has 0 bridgehead atoms. The number of rotatable bonds is 11. The van der Waals surface area contributed by atoms with E-state index in [0.717, 1.165) is 12.0 Å². The van der Waals surface area contributed by atoms with Gasteiger partial charge in [-0.3, -0.25) is 4.79 Å². The van der Waals surface area contributed by atoms with Crippen LogP contribution in [0.2, 0.25) is 0 Å². The second kappa shape index (κ2) is 16.5. The van der Waals surface area contributed by atoms with Gasteiger partial charge in [0.25, 0.3) is 0 Å². The Morgan fingerprint density at radius 1 is 0.958 bits per heavy atom. The van der Waals surface area contributed by atoms with E-state index in [1.54, 1.807) is 6.92 Å². The van der Waals surface area contributed by atoms with E-state index in [4.69, 9.17) is 5.11 Å². The minimum Gasteiger partial charge on any atom is -0.469 e. The van der Waals surface area contributed by atoms with Crippen LogP contribution >= 0.6 is 0 Å². The molecule has 0 aliphatic carbocycles. The molecule has 0 saturated heterocycles. The molecule has 0 heterocycles. The van der Waals surface area contributed by atoms with Gasteiger partial charge in [0.2, 0.25) is 0 Å². The predicted molar refractivity (Wildman–Crippen MR) is 101 cm³/mol. The molecule has 1 rings (SSSR count). The zero-order chi connectivity index (χ0) is 18.0. The van der Waals surface area contributed by atoms with Crippen LogP contribution in [0.1, 0.15) is 89.7 Å². The van der Waals surface area contributed by atoms with Gasteiger partial charge in [-0.1, -0.05) is 88.6 Å². The summed E-state index contributed by atoms with van der Waals surface area (Å²) in [6, 6.07) is 9.59. The summed E-state index contributed by atoms with van der Waals surface area (Å²) in [5, 5.41) is 9.02. The first kappa shape index (κ1) is 22.6. The van der Waals surface area contributed by atoms with E-state index in [0.29, 0.717) is 6.42 Å².